The van der Waals surface area contributed by atoms with Crippen molar-refractivity contribution in [1.82, 2.24) is 9.78 Å². The van der Waals surface area contributed by atoms with E-state index >= 15 is 0 Å². The van der Waals surface area contributed by atoms with Crippen LogP contribution in [0.1, 0.15) is 45.7 Å². The minimum absolute atomic E-state index is 0.0409. The van der Waals surface area contributed by atoms with Gasteiger partial charge in [-0.3, -0.25) is 4.68 Å². The lowest BCUT2D eigenvalue weighted by atomic mass is 9.66. The molecule has 96 valence electrons. The zero-order chi connectivity index (χ0) is 12.6. The van der Waals surface area contributed by atoms with Crippen LogP contribution < -0.4 is 0 Å². The first kappa shape index (κ1) is 12.6. The highest BCUT2D eigenvalue weighted by Crippen LogP contribution is 2.41. The third-order valence-electron chi connectivity index (χ3n) is 4.38. The Labute approximate surface area is 104 Å². The van der Waals surface area contributed by atoms with Gasteiger partial charge in [0.05, 0.1) is 11.8 Å². The number of aryl methyl sites for hydroxylation is 1. The number of rotatable bonds is 2. The fraction of sp³-hybridized carbons (Fsp3) is 0.786. The van der Waals surface area contributed by atoms with Gasteiger partial charge in [0.2, 0.25) is 0 Å². The number of aliphatic hydroxyl groups is 1. The highest BCUT2D eigenvalue weighted by atomic mass is 16.3. The smallest absolute Gasteiger partial charge is 0.0684 e. The Hall–Kier alpha value is -0.830. The molecule has 1 saturated carbocycles. The van der Waals surface area contributed by atoms with Gasteiger partial charge in [-0.1, -0.05) is 27.2 Å². The van der Waals surface area contributed by atoms with Crippen LogP contribution in [0.4, 0.5) is 0 Å². The van der Waals surface area contributed by atoms with E-state index in [2.05, 4.69) is 31.9 Å². The lowest BCUT2D eigenvalue weighted by Gasteiger charge is -2.41. The third-order valence-corrected chi connectivity index (χ3v) is 4.38. The third kappa shape index (κ3) is 2.39. The van der Waals surface area contributed by atoms with Gasteiger partial charge in [0.25, 0.3) is 0 Å². The summed E-state index contributed by atoms with van der Waals surface area (Å²) in [5.41, 5.74) is 1.06. The first-order valence-electron chi connectivity index (χ1n) is 6.59. The van der Waals surface area contributed by atoms with Crippen molar-refractivity contribution in [3.8, 4) is 0 Å². The molecule has 1 aromatic rings. The summed E-state index contributed by atoms with van der Waals surface area (Å²) in [5, 5.41) is 14.8. The molecule has 3 atom stereocenters. The van der Waals surface area contributed by atoms with Crippen LogP contribution in [-0.4, -0.2) is 21.0 Å². The number of nitrogens with zero attached hydrogens (tertiary/aromatic N) is 2. The topological polar surface area (TPSA) is 38.0 Å². The van der Waals surface area contributed by atoms with Crippen LogP contribution in [0.5, 0.6) is 0 Å². The number of aliphatic hydroxyl groups excluding tert-OH is 1. The first-order chi connectivity index (χ1) is 7.91. The molecule has 3 heteroatoms. The predicted molar refractivity (Wildman–Crippen MR) is 68.7 cm³/mol. The standard InChI is InChI=1S/C14H24N2O/c1-10-5-6-11(12(17)9-10)14(2,3)13-7-8-16(4)15-13/h7-8,10-12,17H,5-6,9H2,1-4H3. The molecule has 1 N–H and O–H groups in total. The summed E-state index contributed by atoms with van der Waals surface area (Å²) < 4.78 is 1.84. The maximum Gasteiger partial charge on any atom is 0.0684 e. The van der Waals surface area contributed by atoms with Crippen LogP contribution in [0, 0.1) is 11.8 Å². The van der Waals surface area contributed by atoms with E-state index in [1.165, 1.54) is 6.42 Å². The van der Waals surface area contributed by atoms with Crippen LogP contribution in [0.2, 0.25) is 0 Å². The SMILES string of the molecule is CC1CCC(C(C)(C)c2ccn(C)n2)C(O)C1. The molecular formula is C14H24N2O. The fourth-order valence-electron chi connectivity index (χ4n) is 3.14. The van der Waals surface area contributed by atoms with Crippen LogP contribution in [0.3, 0.4) is 0 Å². The second kappa shape index (κ2) is 4.45. The van der Waals surface area contributed by atoms with E-state index in [0.29, 0.717) is 11.8 Å². The monoisotopic (exact) mass is 236 g/mol. The molecule has 2 rings (SSSR count). The zero-order valence-electron chi connectivity index (χ0n) is 11.3. The summed E-state index contributed by atoms with van der Waals surface area (Å²) >= 11 is 0. The normalized spacial score (nSPS) is 30.5. The molecule has 1 fully saturated rings. The summed E-state index contributed by atoms with van der Waals surface area (Å²) in [6.07, 6.45) is 5.05. The van der Waals surface area contributed by atoms with Gasteiger partial charge in [-0.15, -0.1) is 0 Å². The van der Waals surface area contributed by atoms with Gasteiger partial charge in [0.1, 0.15) is 0 Å². The van der Waals surface area contributed by atoms with Crippen molar-refractivity contribution in [3.05, 3.63) is 18.0 Å². The minimum Gasteiger partial charge on any atom is -0.393 e. The summed E-state index contributed by atoms with van der Waals surface area (Å²) in [5.74, 6) is 0.981. The summed E-state index contributed by atoms with van der Waals surface area (Å²) in [6.45, 7) is 6.64. The van der Waals surface area contributed by atoms with E-state index in [-0.39, 0.29) is 11.5 Å². The van der Waals surface area contributed by atoms with Crippen LogP contribution in [-0.2, 0) is 12.5 Å². The summed E-state index contributed by atoms with van der Waals surface area (Å²) in [4.78, 5) is 0. The van der Waals surface area contributed by atoms with Gasteiger partial charge < -0.3 is 5.11 Å². The molecule has 0 saturated heterocycles. The lowest BCUT2D eigenvalue weighted by molar-refractivity contribution is 0.0131. The Morgan fingerprint density at radius 3 is 2.65 bits per heavy atom. The van der Waals surface area contributed by atoms with Crippen molar-refractivity contribution in [3.63, 3.8) is 0 Å². The van der Waals surface area contributed by atoms with E-state index < -0.39 is 0 Å². The maximum atomic E-state index is 10.3. The van der Waals surface area contributed by atoms with Crippen LogP contribution in [0.25, 0.3) is 0 Å². The molecule has 0 radical (unpaired) electrons. The molecule has 1 aliphatic carbocycles. The Balaban J connectivity index is 2.20. The maximum absolute atomic E-state index is 10.3. The first-order valence-corrected chi connectivity index (χ1v) is 6.59. The van der Waals surface area contributed by atoms with Crippen molar-refractivity contribution in [2.45, 2.75) is 51.6 Å². The molecule has 3 nitrogen and oxygen atoms in total. The van der Waals surface area contributed by atoms with Gasteiger partial charge in [-0.05, 0) is 30.7 Å². The second-order valence-electron chi connectivity index (χ2n) is 6.19. The summed E-state index contributed by atoms with van der Waals surface area (Å²) in [6, 6.07) is 2.07. The average Bonchev–Trinajstić information content (AvgIpc) is 2.64. The highest BCUT2D eigenvalue weighted by Gasteiger charge is 2.40. The van der Waals surface area contributed by atoms with Crippen molar-refractivity contribution in [2.75, 3.05) is 0 Å². The average molecular weight is 236 g/mol. The van der Waals surface area contributed by atoms with E-state index in [1.54, 1.807) is 0 Å². The van der Waals surface area contributed by atoms with Crippen molar-refractivity contribution in [2.24, 2.45) is 18.9 Å². The largest absolute Gasteiger partial charge is 0.393 e. The second-order valence-corrected chi connectivity index (χ2v) is 6.19. The molecule has 0 amide bonds. The van der Waals surface area contributed by atoms with Gasteiger partial charge in [0.15, 0.2) is 0 Å². The van der Waals surface area contributed by atoms with Crippen molar-refractivity contribution < 1.29 is 5.11 Å². The molecular weight excluding hydrogens is 212 g/mol. The van der Waals surface area contributed by atoms with Gasteiger partial charge in [0, 0.05) is 18.7 Å². The lowest BCUT2D eigenvalue weighted by Crippen LogP contribution is -2.41. The molecule has 0 aliphatic heterocycles. The molecule has 0 bridgehead atoms. The van der Waals surface area contributed by atoms with Crippen molar-refractivity contribution in [1.29, 1.82) is 0 Å². The Bertz CT molecular complexity index is 383. The molecule has 0 spiro atoms. The van der Waals surface area contributed by atoms with Gasteiger partial charge in [-0.2, -0.15) is 5.10 Å². The minimum atomic E-state index is -0.184. The molecule has 3 unspecified atom stereocenters. The molecule has 1 heterocycles. The van der Waals surface area contributed by atoms with Gasteiger partial charge in [-0.25, -0.2) is 0 Å². The van der Waals surface area contributed by atoms with Crippen LogP contribution >= 0.6 is 0 Å². The van der Waals surface area contributed by atoms with Crippen LogP contribution in [0.15, 0.2) is 12.3 Å². The highest BCUT2D eigenvalue weighted by molar-refractivity contribution is 5.15. The van der Waals surface area contributed by atoms with E-state index in [4.69, 9.17) is 0 Å². The molecule has 1 aromatic heterocycles. The molecule has 1 aliphatic rings. The number of aromatic nitrogens is 2. The van der Waals surface area contributed by atoms with E-state index in [1.807, 2.05) is 17.9 Å². The van der Waals surface area contributed by atoms with Crippen molar-refractivity contribution >= 4 is 0 Å². The Morgan fingerprint density at radius 2 is 2.12 bits per heavy atom. The van der Waals surface area contributed by atoms with E-state index in [9.17, 15) is 5.11 Å². The number of hydrogen-bond donors (Lipinski definition) is 1. The quantitative estimate of drug-likeness (QED) is 0.856. The Morgan fingerprint density at radius 1 is 1.41 bits per heavy atom. The summed E-state index contributed by atoms with van der Waals surface area (Å²) in [7, 11) is 1.94. The molecule has 0 aromatic carbocycles. The van der Waals surface area contributed by atoms with Gasteiger partial charge >= 0.3 is 0 Å². The Kier molecular flexibility index (Phi) is 3.30. The number of hydrogen-bond acceptors (Lipinski definition) is 2. The molecule has 17 heavy (non-hydrogen) atoms. The fourth-order valence-corrected chi connectivity index (χ4v) is 3.14. The zero-order valence-corrected chi connectivity index (χ0v) is 11.3. The van der Waals surface area contributed by atoms with E-state index in [0.717, 1.165) is 18.5 Å². The predicted octanol–water partition coefficient (Wildman–Crippen LogP) is 2.49.